The number of aryl methyl sites for hydroxylation is 2. The molecule has 2 aromatic carbocycles. The van der Waals surface area contributed by atoms with E-state index in [0.717, 1.165) is 12.0 Å². The van der Waals surface area contributed by atoms with Crippen molar-refractivity contribution in [1.82, 2.24) is 0 Å². The van der Waals surface area contributed by atoms with Crippen molar-refractivity contribution < 1.29 is 23.1 Å². The number of carbonyl (C=O) groups is 2. The Balaban J connectivity index is 1.64. The topological polar surface area (TPSA) is 80.6 Å². The van der Waals surface area contributed by atoms with E-state index < -0.39 is 17.6 Å². The van der Waals surface area contributed by atoms with Gasteiger partial charge in [-0.3, -0.25) is 9.59 Å². The van der Waals surface area contributed by atoms with Crippen LogP contribution in [-0.2, 0) is 11.2 Å². The Bertz CT molecular complexity index is 1030. The third kappa shape index (κ3) is 5.01. The first-order valence-electron chi connectivity index (χ1n) is 9.13. The minimum Gasteiger partial charge on any atom is -0.483 e. The SMILES string of the molecule is CCc1ccccc1OCC(=O)Nc1ccc(F)c(NC(=O)c2ccoc2C)c1. The first-order chi connectivity index (χ1) is 14.0. The Morgan fingerprint density at radius 1 is 1.10 bits per heavy atom. The van der Waals surface area contributed by atoms with E-state index in [0.29, 0.717) is 22.8 Å². The summed E-state index contributed by atoms with van der Waals surface area (Å²) in [5.41, 5.74) is 1.59. The predicted octanol–water partition coefficient (Wildman–Crippen LogP) is 4.56. The minimum absolute atomic E-state index is 0.0503. The number of carbonyl (C=O) groups excluding carboxylic acids is 2. The largest absolute Gasteiger partial charge is 0.483 e. The number of benzene rings is 2. The number of para-hydroxylation sites is 1. The summed E-state index contributed by atoms with van der Waals surface area (Å²) in [5.74, 6) is -0.446. The van der Waals surface area contributed by atoms with Crippen LogP contribution in [0.15, 0.2) is 59.2 Å². The molecule has 0 bridgehead atoms. The van der Waals surface area contributed by atoms with Gasteiger partial charge in [0.2, 0.25) is 0 Å². The van der Waals surface area contributed by atoms with E-state index in [1.807, 2.05) is 25.1 Å². The monoisotopic (exact) mass is 396 g/mol. The van der Waals surface area contributed by atoms with Crippen molar-refractivity contribution in [1.29, 1.82) is 0 Å². The molecule has 0 aliphatic rings. The highest BCUT2D eigenvalue weighted by molar-refractivity contribution is 6.05. The average Bonchev–Trinajstić information content (AvgIpc) is 3.15. The Hall–Kier alpha value is -3.61. The van der Waals surface area contributed by atoms with E-state index in [9.17, 15) is 14.0 Å². The number of nitrogens with one attached hydrogen (secondary N) is 2. The molecule has 0 spiro atoms. The van der Waals surface area contributed by atoms with Crippen molar-refractivity contribution in [2.75, 3.05) is 17.2 Å². The van der Waals surface area contributed by atoms with Gasteiger partial charge in [0.25, 0.3) is 11.8 Å². The van der Waals surface area contributed by atoms with E-state index in [4.69, 9.17) is 9.15 Å². The second kappa shape index (κ2) is 9.05. The quantitative estimate of drug-likeness (QED) is 0.614. The molecule has 1 aromatic heterocycles. The number of hydrogen-bond donors (Lipinski definition) is 2. The van der Waals surface area contributed by atoms with Crippen LogP contribution in [-0.4, -0.2) is 18.4 Å². The molecule has 2 N–H and O–H groups in total. The first-order valence-corrected chi connectivity index (χ1v) is 9.13. The lowest BCUT2D eigenvalue weighted by Gasteiger charge is -2.12. The van der Waals surface area contributed by atoms with E-state index >= 15 is 0 Å². The highest BCUT2D eigenvalue weighted by Crippen LogP contribution is 2.22. The molecule has 29 heavy (non-hydrogen) atoms. The Kier molecular flexibility index (Phi) is 6.29. The number of anilines is 2. The summed E-state index contributed by atoms with van der Waals surface area (Å²) in [4.78, 5) is 24.5. The standard InChI is InChI=1S/C22H21FN2O4/c1-3-15-6-4-5-7-20(15)29-13-21(26)24-16-8-9-18(23)19(12-16)25-22(27)17-10-11-28-14(17)2/h4-12H,3,13H2,1-2H3,(H,24,26)(H,25,27). The summed E-state index contributed by atoms with van der Waals surface area (Å²) in [6, 6.07) is 12.9. The summed E-state index contributed by atoms with van der Waals surface area (Å²) in [7, 11) is 0. The Morgan fingerprint density at radius 3 is 2.62 bits per heavy atom. The van der Waals surface area contributed by atoms with Crippen LogP contribution in [0.2, 0.25) is 0 Å². The van der Waals surface area contributed by atoms with Crippen molar-refractivity contribution in [3.63, 3.8) is 0 Å². The van der Waals surface area contributed by atoms with Crippen LogP contribution in [0.5, 0.6) is 5.75 Å². The summed E-state index contributed by atoms with van der Waals surface area (Å²) >= 11 is 0. The Morgan fingerprint density at radius 2 is 1.90 bits per heavy atom. The molecular formula is C22H21FN2O4. The molecule has 0 saturated heterocycles. The van der Waals surface area contributed by atoms with Crippen LogP contribution in [0.25, 0.3) is 0 Å². The van der Waals surface area contributed by atoms with Crippen LogP contribution >= 0.6 is 0 Å². The van der Waals surface area contributed by atoms with Gasteiger partial charge in [-0.1, -0.05) is 25.1 Å². The lowest BCUT2D eigenvalue weighted by Crippen LogP contribution is -2.21. The third-order valence-electron chi connectivity index (χ3n) is 4.31. The molecule has 0 radical (unpaired) electrons. The fourth-order valence-corrected chi connectivity index (χ4v) is 2.79. The van der Waals surface area contributed by atoms with Gasteiger partial charge in [-0.2, -0.15) is 0 Å². The van der Waals surface area contributed by atoms with Crippen LogP contribution in [0.1, 0.15) is 28.6 Å². The van der Waals surface area contributed by atoms with E-state index in [2.05, 4.69) is 10.6 Å². The zero-order valence-corrected chi connectivity index (χ0v) is 16.1. The zero-order valence-electron chi connectivity index (χ0n) is 16.1. The Labute approximate surface area is 167 Å². The molecule has 0 atom stereocenters. The molecule has 150 valence electrons. The molecule has 1 heterocycles. The molecular weight excluding hydrogens is 375 g/mol. The van der Waals surface area contributed by atoms with Gasteiger partial charge in [0.05, 0.1) is 17.5 Å². The van der Waals surface area contributed by atoms with Gasteiger partial charge in [0, 0.05) is 5.69 Å². The maximum Gasteiger partial charge on any atom is 0.262 e. The lowest BCUT2D eigenvalue weighted by molar-refractivity contribution is -0.118. The van der Waals surface area contributed by atoms with E-state index in [-0.39, 0.29) is 12.3 Å². The number of ether oxygens (including phenoxy) is 1. The van der Waals surface area contributed by atoms with Crippen molar-refractivity contribution in [2.24, 2.45) is 0 Å². The predicted molar refractivity (Wildman–Crippen MR) is 108 cm³/mol. The first kappa shape index (κ1) is 20.1. The highest BCUT2D eigenvalue weighted by Gasteiger charge is 2.15. The number of hydrogen-bond acceptors (Lipinski definition) is 4. The zero-order chi connectivity index (χ0) is 20.8. The van der Waals surface area contributed by atoms with Gasteiger partial charge in [-0.25, -0.2) is 4.39 Å². The molecule has 0 aliphatic heterocycles. The number of halogens is 1. The molecule has 3 rings (SSSR count). The van der Waals surface area contributed by atoms with Gasteiger partial charge in [0.15, 0.2) is 6.61 Å². The number of furan rings is 1. The van der Waals surface area contributed by atoms with Crippen LogP contribution in [0, 0.1) is 12.7 Å². The molecule has 0 fully saturated rings. The van der Waals surface area contributed by atoms with Crippen LogP contribution < -0.4 is 15.4 Å². The maximum absolute atomic E-state index is 14.1. The molecule has 7 heteroatoms. The summed E-state index contributed by atoms with van der Waals surface area (Å²) in [5, 5.41) is 5.12. The van der Waals surface area contributed by atoms with E-state index in [1.54, 1.807) is 13.0 Å². The number of amides is 2. The molecule has 0 aliphatic carbocycles. The third-order valence-corrected chi connectivity index (χ3v) is 4.31. The second-order valence-electron chi connectivity index (χ2n) is 6.34. The molecule has 0 unspecified atom stereocenters. The maximum atomic E-state index is 14.1. The van der Waals surface area contributed by atoms with Crippen molar-refractivity contribution in [3.8, 4) is 5.75 Å². The van der Waals surface area contributed by atoms with Gasteiger partial charge < -0.3 is 19.8 Å². The highest BCUT2D eigenvalue weighted by atomic mass is 19.1. The summed E-state index contributed by atoms with van der Waals surface area (Å²) in [6.45, 7) is 3.45. The van der Waals surface area contributed by atoms with Crippen molar-refractivity contribution in [2.45, 2.75) is 20.3 Å². The normalized spacial score (nSPS) is 10.4. The van der Waals surface area contributed by atoms with Crippen molar-refractivity contribution in [3.05, 3.63) is 77.5 Å². The van der Waals surface area contributed by atoms with Crippen molar-refractivity contribution >= 4 is 23.2 Å². The molecule has 3 aromatic rings. The van der Waals surface area contributed by atoms with Gasteiger partial charge in [-0.05, 0) is 49.2 Å². The van der Waals surface area contributed by atoms with Gasteiger partial charge in [0.1, 0.15) is 17.3 Å². The second-order valence-corrected chi connectivity index (χ2v) is 6.34. The lowest BCUT2D eigenvalue weighted by atomic mass is 10.1. The average molecular weight is 396 g/mol. The fourth-order valence-electron chi connectivity index (χ4n) is 2.79. The molecule has 0 saturated carbocycles. The summed E-state index contributed by atoms with van der Waals surface area (Å²) in [6.07, 6.45) is 2.17. The van der Waals surface area contributed by atoms with Gasteiger partial charge in [-0.15, -0.1) is 0 Å². The summed E-state index contributed by atoms with van der Waals surface area (Å²) < 4.78 is 24.7. The smallest absolute Gasteiger partial charge is 0.262 e. The minimum atomic E-state index is -0.620. The van der Waals surface area contributed by atoms with Gasteiger partial charge >= 0.3 is 0 Å². The van der Waals surface area contributed by atoms with Crippen LogP contribution in [0.4, 0.5) is 15.8 Å². The molecule has 2 amide bonds. The fraction of sp³-hybridized carbons (Fsp3) is 0.182. The van der Waals surface area contributed by atoms with Crippen LogP contribution in [0.3, 0.4) is 0 Å². The van der Waals surface area contributed by atoms with E-state index in [1.165, 1.54) is 30.5 Å². The number of rotatable bonds is 7. The molecule has 6 nitrogen and oxygen atoms in total.